The largest absolute Gasteiger partial charge is 0.497 e. The number of amides is 2. The summed E-state index contributed by atoms with van der Waals surface area (Å²) in [4.78, 5) is 22.6. The van der Waals surface area contributed by atoms with Gasteiger partial charge in [-0.3, -0.25) is 9.59 Å². The number of methoxy groups -OCH3 is 2. The van der Waals surface area contributed by atoms with E-state index in [1.54, 1.807) is 32.2 Å². The SMILES string of the molecule is COc1ccc(NC(=O)CC(C)=NNC(C)=O)c(OC)c1. The first-order valence-electron chi connectivity index (χ1n) is 6.28. The fourth-order valence-electron chi connectivity index (χ4n) is 1.54. The summed E-state index contributed by atoms with van der Waals surface area (Å²) in [7, 11) is 3.06. The Kier molecular flexibility index (Phi) is 6.19. The monoisotopic (exact) mass is 293 g/mol. The first-order chi connectivity index (χ1) is 9.96. The summed E-state index contributed by atoms with van der Waals surface area (Å²) >= 11 is 0. The molecule has 0 aliphatic heterocycles. The zero-order valence-electron chi connectivity index (χ0n) is 12.5. The third kappa shape index (κ3) is 5.52. The Labute approximate surface area is 123 Å². The van der Waals surface area contributed by atoms with Crippen LogP contribution in [0.2, 0.25) is 0 Å². The van der Waals surface area contributed by atoms with Gasteiger partial charge in [-0.05, 0) is 19.1 Å². The first kappa shape index (κ1) is 16.5. The second-order valence-electron chi connectivity index (χ2n) is 4.31. The van der Waals surface area contributed by atoms with Crippen LogP contribution in [0.5, 0.6) is 11.5 Å². The molecule has 0 atom stereocenters. The molecule has 0 unspecified atom stereocenters. The molecule has 0 bridgehead atoms. The molecule has 2 N–H and O–H groups in total. The minimum absolute atomic E-state index is 0.0649. The Hall–Kier alpha value is -2.57. The Bertz CT molecular complexity index is 555. The predicted octanol–water partition coefficient (Wildman–Crippen LogP) is 1.54. The maximum Gasteiger partial charge on any atom is 0.236 e. The van der Waals surface area contributed by atoms with E-state index in [2.05, 4.69) is 15.8 Å². The third-order valence-corrected chi connectivity index (χ3v) is 2.50. The number of nitrogens with zero attached hydrogens (tertiary/aromatic N) is 1. The number of rotatable bonds is 6. The average molecular weight is 293 g/mol. The fourth-order valence-corrected chi connectivity index (χ4v) is 1.54. The number of hydrogen-bond donors (Lipinski definition) is 2. The summed E-state index contributed by atoms with van der Waals surface area (Å²) in [5.41, 5.74) is 3.31. The molecule has 0 heterocycles. The van der Waals surface area contributed by atoms with Crippen LogP contribution in [0.4, 0.5) is 5.69 Å². The number of ether oxygens (including phenoxy) is 2. The Morgan fingerprint density at radius 3 is 2.48 bits per heavy atom. The predicted molar refractivity (Wildman–Crippen MR) is 79.7 cm³/mol. The number of nitrogens with one attached hydrogen (secondary N) is 2. The maximum atomic E-state index is 11.9. The molecule has 21 heavy (non-hydrogen) atoms. The van der Waals surface area contributed by atoms with Gasteiger partial charge in [0.2, 0.25) is 11.8 Å². The Morgan fingerprint density at radius 1 is 1.19 bits per heavy atom. The molecule has 1 aromatic rings. The molecule has 0 aliphatic carbocycles. The number of anilines is 1. The van der Waals surface area contributed by atoms with Crippen LogP contribution in [0.1, 0.15) is 20.3 Å². The van der Waals surface area contributed by atoms with Crippen LogP contribution >= 0.6 is 0 Å². The van der Waals surface area contributed by atoms with Crippen molar-refractivity contribution in [1.29, 1.82) is 0 Å². The van der Waals surface area contributed by atoms with E-state index < -0.39 is 0 Å². The van der Waals surface area contributed by atoms with Crippen molar-refractivity contribution in [1.82, 2.24) is 5.43 Å². The number of hydrogen-bond acceptors (Lipinski definition) is 5. The highest BCUT2D eigenvalue weighted by Crippen LogP contribution is 2.29. The van der Waals surface area contributed by atoms with E-state index in [0.717, 1.165) is 0 Å². The van der Waals surface area contributed by atoms with Crippen molar-refractivity contribution >= 4 is 23.2 Å². The Morgan fingerprint density at radius 2 is 1.90 bits per heavy atom. The molecule has 7 heteroatoms. The van der Waals surface area contributed by atoms with Crippen molar-refractivity contribution < 1.29 is 19.1 Å². The maximum absolute atomic E-state index is 11.9. The van der Waals surface area contributed by atoms with E-state index in [-0.39, 0.29) is 18.2 Å². The van der Waals surface area contributed by atoms with Gasteiger partial charge < -0.3 is 14.8 Å². The van der Waals surface area contributed by atoms with Gasteiger partial charge in [-0.15, -0.1) is 0 Å². The molecule has 0 aliphatic rings. The molecular weight excluding hydrogens is 274 g/mol. The van der Waals surface area contributed by atoms with Crippen LogP contribution in [0.15, 0.2) is 23.3 Å². The fraction of sp³-hybridized carbons (Fsp3) is 0.357. The van der Waals surface area contributed by atoms with E-state index in [9.17, 15) is 9.59 Å². The number of hydrazone groups is 1. The van der Waals surface area contributed by atoms with Gasteiger partial charge in [0, 0.05) is 18.7 Å². The van der Waals surface area contributed by atoms with Crippen LogP contribution < -0.4 is 20.2 Å². The lowest BCUT2D eigenvalue weighted by Crippen LogP contribution is -2.19. The standard InChI is InChI=1S/C14H19N3O4/c1-9(16-17-10(2)18)7-14(19)15-12-6-5-11(20-3)8-13(12)21-4/h5-6,8H,7H2,1-4H3,(H,15,19)(H,17,18). The molecule has 0 saturated heterocycles. The van der Waals surface area contributed by atoms with Crippen molar-refractivity contribution in [3.8, 4) is 11.5 Å². The van der Waals surface area contributed by atoms with Crippen molar-refractivity contribution in [3.05, 3.63) is 18.2 Å². The molecule has 0 radical (unpaired) electrons. The lowest BCUT2D eigenvalue weighted by atomic mass is 10.2. The van der Waals surface area contributed by atoms with E-state index in [4.69, 9.17) is 9.47 Å². The van der Waals surface area contributed by atoms with Gasteiger partial charge in [0.05, 0.1) is 26.3 Å². The van der Waals surface area contributed by atoms with E-state index in [0.29, 0.717) is 22.9 Å². The van der Waals surface area contributed by atoms with Crippen LogP contribution in [0.3, 0.4) is 0 Å². The van der Waals surface area contributed by atoms with E-state index in [1.807, 2.05) is 0 Å². The van der Waals surface area contributed by atoms with Gasteiger partial charge in [-0.25, -0.2) is 5.43 Å². The van der Waals surface area contributed by atoms with Crippen LogP contribution in [0, 0.1) is 0 Å². The number of carbonyl (C=O) groups is 2. The van der Waals surface area contributed by atoms with Gasteiger partial charge in [0.25, 0.3) is 0 Å². The quantitative estimate of drug-likeness (QED) is 0.615. The third-order valence-electron chi connectivity index (χ3n) is 2.50. The summed E-state index contributed by atoms with van der Waals surface area (Å²) in [6.07, 6.45) is 0.0649. The minimum Gasteiger partial charge on any atom is -0.497 e. The zero-order chi connectivity index (χ0) is 15.8. The van der Waals surface area contributed by atoms with Gasteiger partial charge in [0.1, 0.15) is 11.5 Å². The van der Waals surface area contributed by atoms with Crippen molar-refractivity contribution in [2.45, 2.75) is 20.3 Å². The molecule has 1 aromatic carbocycles. The summed E-state index contributed by atoms with van der Waals surface area (Å²) < 4.78 is 10.3. The summed E-state index contributed by atoms with van der Waals surface area (Å²) in [5.74, 6) is 0.587. The Balaban J connectivity index is 2.70. The van der Waals surface area contributed by atoms with Gasteiger partial charge >= 0.3 is 0 Å². The second kappa shape index (κ2) is 7.88. The normalized spacial score (nSPS) is 10.8. The topological polar surface area (TPSA) is 89.0 Å². The molecule has 7 nitrogen and oxygen atoms in total. The molecule has 0 spiro atoms. The molecule has 2 amide bonds. The summed E-state index contributed by atoms with van der Waals surface area (Å²) in [6.45, 7) is 3.00. The van der Waals surface area contributed by atoms with Crippen LogP contribution in [-0.2, 0) is 9.59 Å². The van der Waals surface area contributed by atoms with E-state index >= 15 is 0 Å². The summed E-state index contributed by atoms with van der Waals surface area (Å²) in [5, 5.41) is 6.50. The number of benzene rings is 1. The van der Waals surface area contributed by atoms with Crippen molar-refractivity contribution in [2.24, 2.45) is 5.10 Å². The molecular formula is C14H19N3O4. The van der Waals surface area contributed by atoms with Crippen LogP contribution in [-0.4, -0.2) is 31.7 Å². The average Bonchev–Trinajstić information content (AvgIpc) is 2.45. The molecule has 0 aromatic heterocycles. The highest BCUT2D eigenvalue weighted by atomic mass is 16.5. The van der Waals surface area contributed by atoms with Crippen molar-refractivity contribution in [2.75, 3.05) is 19.5 Å². The smallest absolute Gasteiger partial charge is 0.236 e. The molecule has 114 valence electrons. The van der Waals surface area contributed by atoms with Gasteiger partial charge in [-0.1, -0.05) is 0 Å². The lowest BCUT2D eigenvalue weighted by Gasteiger charge is -2.11. The summed E-state index contributed by atoms with van der Waals surface area (Å²) in [6, 6.07) is 5.08. The minimum atomic E-state index is -0.286. The highest BCUT2D eigenvalue weighted by molar-refractivity contribution is 6.06. The molecule has 0 saturated carbocycles. The number of carbonyl (C=O) groups excluding carboxylic acids is 2. The van der Waals surface area contributed by atoms with Crippen molar-refractivity contribution in [3.63, 3.8) is 0 Å². The lowest BCUT2D eigenvalue weighted by molar-refractivity contribution is -0.119. The van der Waals surface area contributed by atoms with E-state index in [1.165, 1.54) is 14.0 Å². The first-order valence-corrected chi connectivity index (χ1v) is 6.28. The van der Waals surface area contributed by atoms with Crippen LogP contribution in [0.25, 0.3) is 0 Å². The second-order valence-corrected chi connectivity index (χ2v) is 4.31. The highest BCUT2D eigenvalue weighted by Gasteiger charge is 2.10. The van der Waals surface area contributed by atoms with Gasteiger partial charge in [0.15, 0.2) is 0 Å². The molecule has 0 fully saturated rings. The zero-order valence-corrected chi connectivity index (χ0v) is 12.5. The van der Waals surface area contributed by atoms with Gasteiger partial charge in [-0.2, -0.15) is 5.10 Å². The molecule has 1 rings (SSSR count).